The summed E-state index contributed by atoms with van der Waals surface area (Å²) >= 11 is 0. The first kappa shape index (κ1) is 29.1. The van der Waals surface area contributed by atoms with Crippen molar-refractivity contribution in [3.63, 3.8) is 0 Å². The van der Waals surface area contributed by atoms with Gasteiger partial charge in [0.2, 0.25) is 21.8 Å². The van der Waals surface area contributed by atoms with E-state index in [1.807, 2.05) is 61.5 Å². The molecule has 0 heterocycles. The van der Waals surface area contributed by atoms with Crippen LogP contribution < -0.4 is 14.4 Å². The van der Waals surface area contributed by atoms with Crippen LogP contribution in [0.25, 0.3) is 0 Å². The zero-order valence-corrected chi connectivity index (χ0v) is 24.1. The van der Waals surface area contributed by atoms with Crippen LogP contribution in [0.4, 0.5) is 5.69 Å². The summed E-state index contributed by atoms with van der Waals surface area (Å²) in [5.74, 6) is 0.486. The molecule has 1 aliphatic rings. The minimum absolute atomic E-state index is 0.107. The van der Waals surface area contributed by atoms with E-state index in [1.165, 1.54) is 4.90 Å². The van der Waals surface area contributed by atoms with Crippen LogP contribution >= 0.6 is 0 Å². The van der Waals surface area contributed by atoms with Crippen LogP contribution in [-0.2, 0) is 26.2 Å². The largest absolute Gasteiger partial charge is 0.457 e. The Balaban J connectivity index is 1.55. The predicted octanol–water partition coefficient (Wildman–Crippen LogP) is 5.03. The molecule has 1 atom stereocenters. The third-order valence-corrected chi connectivity index (χ3v) is 8.27. The Morgan fingerprint density at radius 2 is 1.52 bits per heavy atom. The first-order chi connectivity index (χ1) is 19.1. The molecule has 212 valence electrons. The van der Waals surface area contributed by atoms with Crippen molar-refractivity contribution in [3.05, 3.63) is 90.0 Å². The fourth-order valence-corrected chi connectivity index (χ4v) is 5.63. The number of hydrogen-bond donors (Lipinski definition) is 1. The molecule has 0 aliphatic heterocycles. The molecule has 0 spiro atoms. The van der Waals surface area contributed by atoms with Gasteiger partial charge >= 0.3 is 0 Å². The highest BCUT2D eigenvalue weighted by atomic mass is 32.2. The van der Waals surface area contributed by atoms with Crippen molar-refractivity contribution in [1.82, 2.24) is 10.2 Å². The molecule has 40 heavy (non-hydrogen) atoms. The molecular weight excluding hydrogens is 526 g/mol. The number of aryl methyl sites for hydroxylation is 1. The summed E-state index contributed by atoms with van der Waals surface area (Å²) in [6.45, 7) is 3.41. The van der Waals surface area contributed by atoms with Crippen LogP contribution in [0.1, 0.15) is 43.7 Å². The zero-order chi connectivity index (χ0) is 28.7. The van der Waals surface area contributed by atoms with Gasteiger partial charge in [0.1, 0.15) is 24.1 Å². The average Bonchev–Trinajstić information content (AvgIpc) is 3.44. The number of ether oxygens (including phenoxy) is 1. The lowest BCUT2D eigenvalue weighted by Crippen LogP contribution is -2.52. The second-order valence-electron chi connectivity index (χ2n) is 10.4. The van der Waals surface area contributed by atoms with Gasteiger partial charge in [-0.3, -0.25) is 13.9 Å². The zero-order valence-electron chi connectivity index (χ0n) is 23.2. The number of nitrogens with one attached hydrogen (secondary N) is 1. The van der Waals surface area contributed by atoms with Gasteiger partial charge in [0.25, 0.3) is 0 Å². The molecule has 0 saturated heterocycles. The molecule has 0 aromatic heterocycles. The summed E-state index contributed by atoms with van der Waals surface area (Å²) in [7, 11) is -3.82. The topological polar surface area (TPSA) is 96.0 Å². The van der Waals surface area contributed by atoms with E-state index in [9.17, 15) is 18.0 Å². The second kappa shape index (κ2) is 13.0. The highest BCUT2D eigenvalue weighted by molar-refractivity contribution is 7.92. The highest BCUT2D eigenvalue weighted by Gasteiger charge is 2.31. The number of nitrogens with zero attached hydrogens (tertiary/aromatic N) is 2. The van der Waals surface area contributed by atoms with Gasteiger partial charge in [-0.1, -0.05) is 60.9 Å². The Bertz CT molecular complexity index is 1390. The smallest absolute Gasteiger partial charge is 0.244 e. The van der Waals surface area contributed by atoms with Gasteiger partial charge in [-0.15, -0.1) is 0 Å². The third kappa shape index (κ3) is 7.85. The van der Waals surface area contributed by atoms with Gasteiger partial charge in [-0.2, -0.15) is 0 Å². The second-order valence-corrected chi connectivity index (χ2v) is 12.3. The standard InChI is InChI=1S/C31H37N3O5S/c1-23-13-15-25(16-14-23)21-33(24(2)31(36)32-26-9-7-8-10-26)30(35)22-34(40(3,37)38)27-17-19-29(20-18-27)39-28-11-5-4-6-12-28/h4-6,11-20,24,26H,7-10,21-22H2,1-3H3,(H,32,36). The minimum Gasteiger partial charge on any atom is -0.457 e. The number of para-hydroxylation sites is 1. The average molecular weight is 564 g/mol. The molecule has 9 heteroatoms. The summed E-state index contributed by atoms with van der Waals surface area (Å²) in [4.78, 5) is 28.4. The van der Waals surface area contributed by atoms with E-state index in [4.69, 9.17) is 4.74 Å². The molecule has 1 fully saturated rings. The van der Waals surface area contributed by atoms with Crippen molar-refractivity contribution in [3.8, 4) is 11.5 Å². The Kier molecular flexibility index (Phi) is 9.47. The molecule has 3 aromatic rings. The number of anilines is 1. The molecule has 1 saturated carbocycles. The summed E-state index contributed by atoms with van der Waals surface area (Å²) in [6.07, 6.45) is 5.06. The van der Waals surface area contributed by atoms with Gasteiger partial charge in [0, 0.05) is 12.6 Å². The molecule has 0 bridgehead atoms. The SMILES string of the molecule is Cc1ccc(CN(C(=O)CN(c2ccc(Oc3ccccc3)cc2)S(C)(=O)=O)C(C)C(=O)NC2CCCC2)cc1. The summed E-state index contributed by atoms with van der Waals surface area (Å²) < 4.78 is 32.6. The molecule has 2 amide bonds. The van der Waals surface area contributed by atoms with Crippen molar-refractivity contribution in [2.24, 2.45) is 0 Å². The third-order valence-electron chi connectivity index (χ3n) is 7.13. The number of amides is 2. The molecule has 1 aliphatic carbocycles. The van der Waals surface area contributed by atoms with E-state index in [0.717, 1.165) is 47.4 Å². The van der Waals surface area contributed by atoms with Crippen LogP contribution in [0, 0.1) is 6.92 Å². The quantitative estimate of drug-likeness (QED) is 0.353. The van der Waals surface area contributed by atoms with Gasteiger partial charge in [0.05, 0.1) is 11.9 Å². The van der Waals surface area contributed by atoms with Crippen molar-refractivity contribution in [1.29, 1.82) is 0 Å². The van der Waals surface area contributed by atoms with E-state index in [1.54, 1.807) is 31.2 Å². The fourth-order valence-electron chi connectivity index (χ4n) is 4.78. The number of hydrogen-bond acceptors (Lipinski definition) is 5. The molecule has 1 N–H and O–H groups in total. The van der Waals surface area contributed by atoms with Crippen molar-refractivity contribution < 1.29 is 22.7 Å². The lowest BCUT2D eigenvalue weighted by Gasteiger charge is -2.32. The van der Waals surface area contributed by atoms with Crippen LogP contribution in [-0.4, -0.2) is 50.0 Å². The van der Waals surface area contributed by atoms with Crippen LogP contribution in [0.3, 0.4) is 0 Å². The van der Waals surface area contributed by atoms with Crippen molar-refractivity contribution in [2.45, 2.75) is 58.2 Å². The van der Waals surface area contributed by atoms with E-state index in [0.29, 0.717) is 17.2 Å². The summed E-state index contributed by atoms with van der Waals surface area (Å²) in [5.41, 5.74) is 2.26. The normalized spacial score (nSPS) is 14.4. The van der Waals surface area contributed by atoms with Crippen LogP contribution in [0.2, 0.25) is 0 Å². The lowest BCUT2D eigenvalue weighted by molar-refractivity contribution is -0.139. The molecular formula is C31H37N3O5S. The lowest BCUT2D eigenvalue weighted by atomic mass is 10.1. The van der Waals surface area contributed by atoms with Crippen molar-refractivity contribution in [2.75, 3.05) is 17.1 Å². The first-order valence-corrected chi connectivity index (χ1v) is 15.4. The van der Waals surface area contributed by atoms with Crippen molar-refractivity contribution >= 4 is 27.5 Å². The minimum atomic E-state index is -3.82. The molecule has 4 rings (SSSR count). The monoisotopic (exact) mass is 563 g/mol. The summed E-state index contributed by atoms with van der Waals surface area (Å²) in [6, 6.07) is 22.8. The fraction of sp³-hybridized carbons (Fsp3) is 0.355. The Labute approximate surface area is 237 Å². The van der Waals surface area contributed by atoms with Crippen LogP contribution in [0.15, 0.2) is 78.9 Å². The summed E-state index contributed by atoms with van der Waals surface area (Å²) in [5, 5.41) is 3.07. The Hall–Kier alpha value is -3.85. The maximum absolute atomic E-state index is 13.8. The Morgan fingerprint density at radius 3 is 2.12 bits per heavy atom. The van der Waals surface area contributed by atoms with E-state index >= 15 is 0 Å². The first-order valence-electron chi connectivity index (χ1n) is 13.6. The number of sulfonamides is 1. The van der Waals surface area contributed by atoms with E-state index < -0.39 is 28.5 Å². The number of rotatable bonds is 11. The number of carbonyl (C=O) groups excluding carboxylic acids is 2. The molecule has 3 aromatic carbocycles. The number of carbonyl (C=O) groups is 2. The van der Waals surface area contributed by atoms with Crippen LogP contribution in [0.5, 0.6) is 11.5 Å². The van der Waals surface area contributed by atoms with Gasteiger partial charge in [-0.05, 0) is 68.7 Å². The van der Waals surface area contributed by atoms with Gasteiger partial charge in [0.15, 0.2) is 0 Å². The predicted molar refractivity (Wildman–Crippen MR) is 157 cm³/mol. The highest BCUT2D eigenvalue weighted by Crippen LogP contribution is 2.26. The number of benzene rings is 3. The molecule has 1 unspecified atom stereocenters. The van der Waals surface area contributed by atoms with Gasteiger partial charge in [-0.25, -0.2) is 8.42 Å². The maximum Gasteiger partial charge on any atom is 0.244 e. The molecule has 8 nitrogen and oxygen atoms in total. The van der Waals surface area contributed by atoms with E-state index in [2.05, 4.69) is 5.32 Å². The Morgan fingerprint density at radius 1 is 0.925 bits per heavy atom. The maximum atomic E-state index is 13.8. The molecule has 0 radical (unpaired) electrons. The van der Waals surface area contributed by atoms with Gasteiger partial charge < -0.3 is 15.0 Å². The van der Waals surface area contributed by atoms with E-state index in [-0.39, 0.29) is 18.5 Å².